The Morgan fingerprint density at radius 3 is 2.79 bits per heavy atom. The Balaban J connectivity index is 1.34. The van der Waals surface area contributed by atoms with Crippen molar-refractivity contribution in [3.63, 3.8) is 0 Å². The Morgan fingerprint density at radius 1 is 1.07 bits per heavy atom. The first kappa shape index (κ1) is 18.2. The van der Waals surface area contributed by atoms with Gasteiger partial charge >= 0.3 is 0 Å². The summed E-state index contributed by atoms with van der Waals surface area (Å²) >= 11 is 0. The van der Waals surface area contributed by atoms with E-state index in [9.17, 15) is 4.79 Å². The quantitative estimate of drug-likeness (QED) is 0.471. The number of nitrogens with zero attached hydrogens (tertiary/aromatic N) is 3. The van der Waals surface area contributed by atoms with Crippen molar-refractivity contribution in [3.05, 3.63) is 83.7 Å². The van der Waals surface area contributed by atoms with Crippen LogP contribution in [0.25, 0.3) is 10.9 Å². The van der Waals surface area contributed by atoms with Gasteiger partial charge in [0.1, 0.15) is 5.82 Å². The largest absolute Gasteiger partial charge is 0.368 e. The molecule has 7 heteroatoms. The smallest absolute Gasteiger partial charge is 0.276 e. The fraction of sp³-hybridized carbons (Fsp3) is 0.0909. The molecule has 1 amide bonds. The minimum atomic E-state index is -0.377. The highest BCUT2D eigenvalue weighted by molar-refractivity contribution is 6.02. The Hall–Kier alpha value is -4.18. The van der Waals surface area contributed by atoms with Gasteiger partial charge in [-0.3, -0.25) is 4.79 Å². The number of nitriles is 1. The molecule has 0 atom stereocenters. The number of aromatic amines is 1. The van der Waals surface area contributed by atoms with Crippen LogP contribution in [0.2, 0.25) is 0 Å². The summed E-state index contributed by atoms with van der Waals surface area (Å²) in [7, 11) is 0. The third-order valence-electron chi connectivity index (χ3n) is 4.52. The Bertz CT molecular complexity index is 1190. The van der Waals surface area contributed by atoms with Gasteiger partial charge in [-0.15, -0.1) is 10.2 Å². The molecule has 0 aliphatic carbocycles. The van der Waals surface area contributed by atoms with E-state index in [0.717, 1.165) is 11.9 Å². The molecule has 2 aromatic heterocycles. The second-order valence-electron chi connectivity index (χ2n) is 6.49. The summed E-state index contributed by atoms with van der Waals surface area (Å²) in [5, 5.41) is 24.1. The maximum absolute atomic E-state index is 12.3. The molecule has 7 nitrogen and oxygen atoms in total. The molecule has 0 radical (unpaired) electrons. The third-order valence-corrected chi connectivity index (χ3v) is 4.52. The molecule has 0 saturated carbocycles. The summed E-state index contributed by atoms with van der Waals surface area (Å²) in [4.78, 5) is 15.6. The SMILES string of the molecule is N#Cc1cccc(NC(=O)c2ccc(NCCc3c[nH]c4ccccc34)nn2)c1. The van der Waals surface area contributed by atoms with Gasteiger partial charge in [-0.1, -0.05) is 24.3 Å². The summed E-state index contributed by atoms with van der Waals surface area (Å²) in [6.07, 6.45) is 2.86. The van der Waals surface area contributed by atoms with Gasteiger partial charge in [0.15, 0.2) is 5.69 Å². The molecule has 3 N–H and O–H groups in total. The normalized spacial score (nSPS) is 10.4. The molecule has 2 heterocycles. The van der Waals surface area contributed by atoms with Crippen molar-refractivity contribution in [2.24, 2.45) is 0 Å². The third kappa shape index (κ3) is 4.22. The minimum absolute atomic E-state index is 0.203. The van der Waals surface area contributed by atoms with Crippen LogP contribution in [0.4, 0.5) is 11.5 Å². The topological polar surface area (TPSA) is 106 Å². The van der Waals surface area contributed by atoms with Gasteiger partial charge < -0.3 is 15.6 Å². The van der Waals surface area contributed by atoms with E-state index in [1.807, 2.05) is 24.4 Å². The van der Waals surface area contributed by atoms with Crippen molar-refractivity contribution in [1.82, 2.24) is 15.2 Å². The number of benzene rings is 2. The zero-order valence-corrected chi connectivity index (χ0v) is 15.5. The van der Waals surface area contributed by atoms with E-state index >= 15 is 0 Å². The molecule has 4 rings (SSSR count). The van der Waals surface area contributed by atoms with Crippen LogP contribution >= 0.6 is 0 Å². The van der Waals surface area contributed by atoms with Crippen molar-refractivity contribution in [2.75, 3.05) is 17.2 Å². The molecule has 0 saturated heterocycles. The van der Waals surface area contributed by atoms with E-state index in [4.69, 9.17) is 5.26 Å². The second-order valence-corrected chi connectivity index (χ2v) is 6.49. The highest BCUT2D eigenvalue weighted by atomic mass is 16.1. The monoisotopic (exact) mass is 382 g/mol. The van der Waals surface area contributed by atoms with E-state index in [0.29, 0.717) is 23.6 Å². The average Bonchev–Trinajstić information content (AvgIpc) is 3.17. The highest BCUT2D eigenvalue weighted by Gasteiger charge is 2.09. The lowest BCUT2D eigenvalue weighted by Crippen LogP contribution is -2.15. The Labute approximate surface area is 167 Å². The lowest BCUT2D eigenvalue weighted by Gasteiger charge is -2.07. The fourth-order valence-corrected chi connectivity index (χ4v) is 3.07. The number of H-pyrrole nitrogens is 1. The zero-order valence-electron chi connectivity index (χ0n) is 15.5. The van der Waals surface area contributed by atoms with Gasteiger partial charge in [0, 0.05) is 29.3 Å². The van der Waals surface area contributed by atoms with Crippen LogP contribution in [0.5, 0.6) is 0 Å². The molecule has 2 aromatic carbocycles. The number of hydrogen-bond donors (Lipinski definition) is 3. The number of anilines is 2. The lowest BCUT2D eigenvalue weighted by molar-refractivity contribution is 0.102. The molecule has 29 heavy (non-hydrogen) atoms. The number of carbonyl (C=O) groups excluding carboxylic acids is 1. The number of para-hydroxylation sites is 1. The first-order valence-electron chi connectivity index (χ1n) is 9.17. The fourth-order valence-electron chi connectivity index (χ4n) is 3.07. The summed E-state index contributed by atoms with van der Waals surface area (Å²) < 4.78 is 0. The van der Waals surface area contributed by atoms with Crippen molar-refractivity contribution < 1.29 is 4.79 Å². The lowest BCUT2D eigenvalue weighted by atomic mass is 10.1. The number of carbonyl (C=O) groups is 1. The summed E-state index contributed by atoms with van der Waals surface area (Å²) in [5.41, 5.74) is 3.57. The van der Waals surface area contributed by atoms with Crippen molar-refractivity contribution >= 4 is 28.3 Å². The van der Waals surface area contributed by atoms with Crippen LogP contribution < -0.4 is 10.6 Å². The molecule has 4 aromatic rings. The summed E-state index contributed by atoms with van der Waals surface area (Å²) in [6, 6.07) is 20.3. The van der Waals surface area contributed by atoms with Crippen LogP contribution in [0, 0.1) is 11.3 Å². The van der Waals surface area contributed by atoms with Gasteiger partial charge in [0.25, 0.3) is 5.91 Å². The predicted octanol–water partition coefficient (Wildman–Crippen LogP) is 3.74. The van der Waals surface area contributed by atoms with E-state index in [-0.39, 0.29) is 11.6 Å². The number of hydrogen-bond acceptors (Lipinski definition) is 5. The molecule has 0 bridgehead atoms. The van der Waals surface area contributed by atoms with Crippen LogP contribution in [-0.4, -0.2) is 27.6 Å². The van der Waals surface area contributed by atoms with E-state index < -0.39 is 0 Å². The van der Waals surface area contributed by atoms with E-state index in [1.165, 1.54) is 10.9 Å². The number of aromatic nitrogens is 3. The number of fused-ring (bicyclic) bond motifs is 1. The highest BCUT2D eigenvalue weighted by Crippen LogP contribution is 2.18. The van der Waals surface area contributed by atoms with Crippen LogP contribution in [-0.2, 0) is 6.42 Å². The number of rotatable bonds is 6. The van der Waals surface area contributed by atoms with Gasteiger partial charge in [-0.2, -0.15) is 5.26 Å². The molecule has 142 valence electrons. The van der Waals surface area contributed by atoms with Crippen LogP contribution in [0.1, 0.15) is 21.6 Å². The maximum atomic E-state index is 12.3. The van der Waals surface area contributed by atoms with Gasteiger partial charge in [-0.25, -0.2) is 0 Å². The first-order chi connectivity index (χ1) is 14.2. The maximum Gasteiger partial charge on any atom is 0.276 e. The minimum Gasteiger partial charge on any atom is -0.368 e. The van der Waals surface area contributed by atoms with Gasteiger partial charge in [0.2, 0.25) is 0 Å². The second kappa shape index (κ2) is 8.23. The number of amides is 1. The zero-order chi connectivity index (χ0) is 20.1. The molecule has 0 aliphatic rings. The molecule has 0 unspecified atom stereocenters. The average molecular weight is 382 g/mol. The predicted molar refractivity (Wildman–Crippen MR) is 112 cm³/mol. The Kier molecular flexibility index (Phi) is 5.16. The van der Waals surface area contributed by atoms with E-state index in [2.05, 4.69) is 37.9 Å². The van der Waals surface area contributed by atoms with Gasteiger partial charge in [-0.05, 0) is 48.4 Å². The van der Waals surface area contributed by atoms with Crippen molar-refractivity contribution in [2.45, 2.75) is 6.42 Å². The molecular formula is C22H18N6O. The van der Waals surface area contributed by atoms with Gasteiger partial charge in [0.05, 0.1) is 11.6 Å². The first-order valence-corrected chi connectivity index (χ1v) is 9.17. The van der Waals surface area contributed by atoms with E-state index in [1.54, 1.807) is 36.4 Å². The molecule has 0 aliphatic heterocycles. The Morgan fingerprint density at radius 2 is 1.97 bits per heavy atom. The molecule has 0 fully saturated rings. The van der Waals surface area contributed by atoms with Crippen LogP contribution in [0.3, 0.4) is 0 Å². The summed E-state index contributed by atoms with van der Waals surface area (Å²) in [6.45, 7) is 0.697. The van der Waals surface area contributed by atoms with Crippen molar-refractivity contribution in [1.29, 1.82) is 5.26 Å². The summed E-state index contributed by atoms with van der Waals surface area (Å²) in [5.74, 6) is 0.228. The number of nitrogens with one attached hydrogen (secondary N) is 3. The van der Waals surface area contributed by atoms with Crippen molar-refractivity contribution in [3.8, 4) is 6.07 Å². The van der Waals surface area contributed by atoms with Crippen LogP contribution in [0.15, 0.2) is 66.9 Å². The molecular weight excluding hydrogens is 364 g/mol. The standard InChI is InChI=1S/C22H18N6O/c23-13-15-4-3-5-17(12-15)26-22(29)20-8-9-21(28-27-20)24-11-10-16-14-25-19-7-2-1-6-18(16)19/h1-9,12,14,25H,10-11H2,(H,24,28)(H,26,29). The molecule has 0 spiro atoms.